The summed E-state index contributed by atoms with van der Waals surface area (Å²) in [4.78, 5) is 12.1. The summed E-state index contributed by atoms with van der Waals surface area (Å²) >= 11 is 5.82. The first-order valence-corrected chi connectivity index (χ1v) is 6.94. The molecule has 2 aromatic carbocycles. The van der Waals surface area contributed by atoms with Crippen molar-refractivity contribution in [1.82, 2.24) is 10.2 Å². The van der Waals surface area contributed by atoms with Crippen LogP contribution in [0.3, 0.4) is 0 Å². The lowest BCUT2D eigenvalue weighted by molar-refractivity contribution is 0.0991. The second kappa shape index (κ2) is 6.30. The Bertz CT molecular complexity index is 880. The van der Waals surface area contributed by atoms with Crippen LogP contribution >= 0.6 is 11.6 Å². The highest BCUT2D eigenvalue weighted by Crippen LogP contribution is 2.20. The second-order valence-corrected chi connectivity index (χ2v) is 5.00. The molecule has 0 spiro atoms. The maximum atomic E-state index is 12.1. The van der Waals surface area contributed by atoms with E-state index in [1.807, 2.05) is 6.07 Å². The minimum absolute atomic E-state index is 0.153. The number of hydrogen-bond acceptors (Lipinski definition) is 5. The van der Waals surface area contributed by atoms with Gasteiger partial charge in [-0.3, -0.25) is 4.79 Å². The number of carbonyl (C=O) groups is 1. The number of benzene rings is 2. The van der Waals surface area contributed by atoms with Crippen LogP contribution in [-0.2, 0) is 0 Å². The van der Waals surface area contributed by atoms with Gasteiger partial charge in [0.1, 0.15) is 0 Å². The van der Waals surface area contributed by atoms with Gasteiger partial charge in [-0.1, -0.05) is 11.6 Å². The average Bonchev–Trinajstić information content (AvgIpc) is 3.06. The van der Waals surface area contributed by atoms with Crippen molar-refractivity contribution in [2.24, 2.45) is 0 Å². The molecule has 0 fully saturated rings. The molecular weight excluding hydrogens is 316 g/mol. The van der Waals surface area contributed by atoms with Crippen molar-refractivity contribution in [3.05, 3.63) is 65.0 Å². The van der Waals surface area contributed by atoms with Crippen LogP contribution in [0.1, 0.15) is 16.2 Å². The van der Waals surface area contributed by atoms with E-state index >= 15 is 0 Å². The van der Waals surface area contributed by atoms with Crippen molar-refractivity contribution < 1.29 is 9.21 Å². The van der Waals surface area contributed by atoms with Gasteiger partial charge in [0.25, 0.3) is 0 Å². The molecular formula is C16H9ClN4O2. The van der Waals surface area contributed by atoms with Gasteiger partial charge in [-0.05, 0) is 48.5 Å². The third kappa shape index (κ3) is 3.36. The SMILES string of the molecule is N#Cc1ccc(NC(=O)c2nnc(-c3ccc(Cl)cc3)o2)cc1. The summed E-state index contributed by atoms with van der Waals surface area (Å²) in [6.07, 6.45) is 0. The number of amides is 1. The molecule has 0 unspecified atom stereocenters. The molecule has 1 heterocycles. The number of aromatic nitrogens is 2. The fourth-order valence-electron chi connectivity index (χ4n) is 1.84. The van der Waals surface area contributed by atoms with Gasteiger partial charge in [-0.2, -0.15) is 5.26 Å². The molecule has 3 aromatic rings. The summed E-state index contributed by atoms with van der Waals surface area (Å²) in [5.74, 6) is -0.451. The van der Waals surface area contributed by atoms with Gasteiger partial charge in [0.2, 0.25) is 5.89 Å². The third-order valence-corrected chi connectivity index (χ3v) is 3.23. The van der Waals surface area contributed by atoms with Gasteiger partial charge < -0.3 is 9.73 Å². The van der Waals surface area contributed by atoms with Crippen molar-refractivity contribution in [2.45, 2.75) is 0 Å². The summed E-state index contributed by atoms with van der Waals surface area (Å²) in [5, 5.41) is 19.5. The van der Waals surface area contributed by atoms with Crippen molar-refractivity contribution in [3.8, 4) is 17.5 Å². The largest absolute Gasteiger partial charge is 0.412 e. The first-order chi connectivity index (χ1) is 11.2. The van der Waals surface area contributed by atoms with E-state index in [4.69, 9.17) is 21.3 Å². The monoisotopic (exact) mass is 324 g/mol. The molecule has 3 rings (SSSR count). The van der Waals surface area contributed by atoms with E-state index in [1.165, 1.54) is 0 Å². The van der Waals surface area contributed by atoms with Gasteiger partial charge in [0.05, 0.1) is 11.6 Å². The zero-order chi connectivity index (χ0) is 16.2. The van der Waals surface area contributed by atoms with Gasteiger partial charge in [-0.15, -0.1) is 10.2 Å². The quantitative estimate of drug-likeness (QED) is 0.795. The number of rotatable bonds is 3. The van der Waals surface area contributed by atoms with Crippen LogP contribution in [-0.4, -0.2) is 16.1 Å². The molecule has 1 N–H and O–H groups in total. The first-order valence-electron chi connectivity index (χ1n) is 6.56. The lowest BCUT2D eigenvalue weighted by atomic mass is 10.2. The number of carbonyl (C=O) groups excluding carboxylic acids is 1. The number of anilines is 1. The molecule has 0 atom stereocenters. The summed E-state index contributed by atoms with van der Waals surface area (Å²) in [5.41, 5.74) is 1.70. The first kappa shape index (κ1) is 14.8. The summed E-state index contributed by atoms with van der Waals surface area (Å²) in [6, 6.07) is 15.3. The highest BCUT2D eigenvalue weighted by molar-refractivity contribution is 6.30. The molecule has 7 heteroatoms. The number of halogens is 1. The molecule has 0 aliphatic heterocycles. The zero-order valence-corrected chi connectivity index (χ0v) is 12.4. The van der Waals surface area contributed by atoms with Gasteiger partial charge in [0, 0.05) is 16.3 Å². The Labute approximate surface area is 136 Å². The third-order valence-electron chi connectivity index (χ3n) is 2.98. The van der Waals surface area contributed by atoms with E-state index in [2.05, 4.69) is 15.5 Å². The number of nitrogens with one attached hydrogen (secondary N) is 1. The summed E-state index contributed by atoms with van der Waals surface area (Å²) < 4.78 is 5.36. The standard InChI is InChI=1S/C16H9ClN4O2/c17-12-5-3-11(4-6-12)15-20-21-16(23-15)14(22)19-13-7-1-10(9-18)2-8-13/h1-8H,(H,19,22). The Hall–Kier alpha value is -3.17. The fraction of sp³-hybridized carbons (Fsp3) is 0. The van der Waals surface area contributed by atoms with Crippen molar-refractivity contribution in [2.75, 3.05) is 5.32 Å². The van der Waals surface area contributed by atoms with Crippen LogP contribution in [0.15, 0.2) is 52.9 Å². The Morgan fingerprint density at radius 3 is 2.43 bits per heavy atom. The predicted octanol–water partition coefficient (Wildman–Crippen LogP) is 3.51. The van der Waals surface area contributed by atoms with Gasteiger partial charge >= 0.3 is 11.8 Å². The lowest BCUT2D eigenvalue weighted by Crippen LogP contribution is -2.12. The summed E-state index contributed by atoms with van der Waals surface area (Å²) in [6.45, 7) is 0. The van der Waals surface area contributed by atoms with Crippen LogP contribution < -0.4 is 5.32 Å². The highest BCUT2D eigenvalue weighted by Gasteiger charge is 2.16. The second-order valence-electron chi connectivity index (χ2n) is 4.56. The van der Waals surface area contributed by atoms with Crippen LogP contribution in [0.4, 0.5) is 5.69 Å². The molecule has 0 saturated carbocycles. The molecule has 6 nitrogen and oxygen atoms in total. The zero-order valence-electron chi connectivity index (χ0n) is 11.7. The summed E-state index contributed by atoms with van der Waals surface area (Å²) in [7, 11) is 0. The molecule has 0 bridgehead atoms. The van der Waals surface area contributed by atoms with Crippen molar-refractivity contribution in [1.29, 1.82) is 5.26 Å². The number of hydrogen-bond donors (Lipinski definition) is 1. The van der Waals surface area contributed by atoms with E-state index in [1.54, 1.807) is 48.5 Å². The van der Waals surface area contributed by atoms with E-state index in [0.717, 1.165) is 0 Å². The van der Waals surface area contributed by atoms with Crippen LogP contribution in [0.2, 0.25) is 5.02 Å². The van der Waals surface area contributed by atoms with E-state index in [9.17, 15) is 4.79 Å². The van der Waals surface area contributed by atoms with E-state index < -0.39 is 5.91 Å². The van der Waals surface area contributed by atoms with Crippen LogP contribution in [0.25, 0.3) is 11.5 Å². The lowest BCUT2D eigenvalue weighted by Gasteiger charge is -2.01. The van der Waals surface area contributed by atoms with Crippen LogP contribution in [0.5, 0.6) is 0 Å². The maximum Gasteiger partial charge on any atom is 0.313 e. The Balaban J connectivity index is 1.75. The Kier molecular flexibility index (Phi) is 4.04. The van der Waals surface area contributed by atoms with E-state index in [0.29, 0.717) is 21.8 Å². The van der Waals surface area contributed by atoms with Crippen molar-refractivity contribution >= 4 is 23.2 Å². The molecule has 0 radical (unpaired) electrons. The smallest absolute Gasteiger partial charge is 0.313 e. The normalized spacial score (nSPS) is 10.1. The fourth-order valence-corrected chi connectivity index (χ4v) is 1.96. The molecule has 0 saturated heterocycles. The molecule has 23 heavy (non-hydrogen) atoms. The molecule has 0 aliphatic rings. The predicted molar refractivity (Wildman–Crippen MR) is 83.9 cm³/mol. The maximum absolute atomic E-state index is 12.1. The Morgan fingerprint density at radius 2 is 1.78 bits per heavy atom. The number of nitriles is 1. The minimum Gasteiger partial charge on any atom is -0.412 e. The Morgan fingerprint density at radius 1 is 1.09 bits per heavy atom. The molecule has 0 aliphatic carbocycles. The molecule has 1 amide bonds. The number of nitrogens with zero attached hydrogens (tertiary/aromatic N) is 3. The van der Waals surface area contributed by atoms with E-state index in [-0.39, 0.29) is 11.8 Å². The topological polar surface area (TPSA) is 91.8 Å². The minimum atomic E-state index is -0.526. The van der Waals surface area contributed by atoms with Crippen molar-refractivity contribution in [3.63, 3.8) is 0 Å². The highest BCUT2D eigenvalue weighted by atomic mass is 35.5. The van der Waals surface area contributed by atoms with Gasteiger partial charge in [0.15, 0.2) is 0 Å². The van der Waals surface area contributed by atoms with Crippen LogP contribution in [0, 0.1) is 11.3 Å². The molecule has 112 valence electrons. The van der Waals surface area contributed by atoms with Gasteiger partial charge in [-0.25, -0.2) is 0 Å². The molecule has 1 aromatic heterocycles. The average molecular weight is 325 g/mol.